The van der Waals surface area contributed by atoms with E-state index in [1.807, 2.05) is 0 Å². The van der Waals surface area contributed by atoms with Gasteiger partial charge in [0.15, 0.2) is 0 Å². The third kappa shape index (κ3) is 5.31. The van der Waals surface area contributed by atoms with Crippen molar-refractivity contribution in [2.45, 2.75) is 44.4 Å². The summed E-state index contributed by atoms with van der Waals surface area (Å²) in [6.07, 6.45) is -0.172. The van der Waals surface area contributed by atoms with Crippen molar-refractivity contribution < 1.29 is 35.5 Å². The van der Waals surface area contributed by atoms with Crippen LogP contribution in [0.15, 0.2) is 0 Å². The largest absolute Gasteiger partial charge is 0.511 e. The van der Waals surface area contributed by atoms with Crippen LogP contribution in [0, 0.1) is 0 Å². The molecule has 0 bridgehead atoms. The van der Waals surface area contributed by atoms with Gasteiger partial charge >= 0.3 is 21.5 Å². The van der Waals surface area contributed by atoms with Gasteiger partial charge in [-0.1, -0.05) is 6.92 Å². The van der Waals surface area contributed by atoms with Crippen LogP contribution in [0.5, 0.6) is 0 Å². The number of sulfonamides is 1. The summed E-state index contributed by atoms with van der Waals surface area (Å²) >= 11 is 0. The molecule has 0 spiro atoms. The molecule has 0 aliphatic carbocycles. The van der Waals surface area contributed by atoms with E-state index in [0.29, 0.717) is 0 Å². The Bertz CT molecular complexity index is 418. The van der Waals surface area contributed by atoms with Gasteiger partial charge in [0.25, 0.3) is 0 Å². The molecule has 0 aromatic rings. The normalized spacial score (nSPS) is 17.6. The van der Waals surface area contributed by atoms with Gasteiger partial charge in [0, 0.05) is 0 Å². The molecule has 114 valence electrons. The lowest BCUT2D eigenvalue weighted by atomic mass is 10.1. The molecule has 0 aromatic carbocycles. The highest BCUT2D eigenvalue weighted by Crippen LogP contribution is 2.22. The van der Waals surface area contributed by atoms with Crippen LogP contribution < -0.4 is 4.72 Å². The molecule has 0 aromatic heterocycles. The summed E-state index contributed by atoms with van der Waals surface area (Å²) in [7, 11) is -5.52. The number of carbonyl (C=O) groups excluding carboxylic acids is 1. The highest BCUT2D eigenvalue weighted by Gasteiger charge is 2.46. The molecule has 0 aliphatic rings. The second kappa shape index (κ2) is 6.04. The van der Waals surface area contributed by atoms with Gasteiger partial charge in [-0.05, 0) is 20.3 Å². The van der Waals surface area contributed by atoms with Crippen molar-refractivity contribution in [1.29, 1.82) is 0 Å². The predicted molar refractivity (Wildman–Crippen MR) is 58.3 cm³/mol. The molecule has 0 radical (unpaired) electrons. The van der Waals surface area contributed by atoms with Crippen LogP contribution in [-0.2, 0) is 19.6 Å². The molecule has 1 N–H and O–H groups in total. The second-order valence-electron chi connectivity index (χ2n) is 4.12. The van der Waals surface area contributed by atoms with Gasteiger partial charge in [-0.25, -0.2) is 22.3 Å². The zero-order valence-corrected chi connectivity index (χ0v) is 11.4. The minimum Gasteiger partial charge on any atom is -0.462 e. The Labute approximate surface area is 108 Å². The van der Waals surface area contributed by atoms with Crippen molar-refractivity contribution in [3.63, 3.8) is 0 Å². The third-order valence-corrected chi connectivity index (χ3v) is 3.54. The molecule has 0 saturated carbocycles. The minimum absolute atomic E-state index is 0.172. The first kappa shape index (κ1) is 18.1. The van der Waals surface area contributed by atoms with Crippen LogP contribution in [0.4, 0.5) is 17.6 Å². The van der Waals surface area contributed by atoms with Crippen LogP contribution >= 0.6 is 0 Å². The summed E-state index contributed by atoms with van der Waals surface area (Å²) in [5, 5.41) is 0. The summed E-state index contributed by atoms with van der Waals surface area (Å²) in [4.78, 5) is 11.2. The third-order valence-electron chi connectivity index (χ3n) is 2.22. The first-order valence-corrected chi connectivity index (χ1v) is 6.76. The monoisotopic (exact) mass is 309 g/mol. The number of alkyl halides is 4. The Morgan fingerprint density at radius 3 is 2.16 bits per heavy atom. The van der Waals surface area contributed by atoms with Gasteiger partial charge in [-0.15, -0.1) is 0 Å². The Hall–Kier alpha value is -0.900. The number of esters is 1. The van der Waals surface area contributed by atoms with Crippen molar-refractivity contribution >= 4 is 16.0 Å². The smallest absolute Gasteiger partial charge is 0.462 e. The molecule has 10 heteroatoms. The van der Waals surface area contributed by atoms with Crippen LogP contribution in [0.25, 0.3) is 0 Å². The maximum absolute atomic E-state index is 13.4. The molecule has 0 heterocycles. The number of hydrogen-bond acceptors (Lipinski definition) is 4. The molecule has 0 amide bonds. The number of hydrogen-bond donors (Lipinski definition) is 1. The van der Waals surface area contributed by atoms with Gasteiger partial charge in [0.05, 0.1) is 6.04 Å². The molecule has 5 nitrogen and oxygen atoms in total. The lowest BCUT2D eigenvalue weighted by Gasteiger charge is -2.19. The maximum Gasteiger partial charge on any atom is 0.511 e. The van der Waals surface area contributed by atoms with E-state index in [-0.39, 0.29) is 6.42 Å². The van der Waals surface area contributed by atoms with E-state index in [9.17, 15) is 30.8 Å². The molecule has 2 unspecified atom stereocenters. The maximum atomic E-state index is 13.4. The Balaban J connectivity index is 4.44. The summed E-state index contributed by atoms with van der Waals surface area (Å²) in [6.45, 7) is 2.70. The van der Waals surface area contributed by atoms with Gasteiger partial charge in [-0.2, -0.15) is 13.2 Å². The predicted octanol–water partition coefficient (Wildman–Crippen LogP) is 1.50. The van der Waals surface area contributed by atoms with Gasteiger partial charge in [-0.3, -0.25) is 0 Å². The van der Waals surface area contributed by atoms with Crippen LogP contribution in [0.1, 0.15) is 27.2 Å². The molecular formula is C9H15F4NO4S. The standard InChI is InChI=1S/C9H15F4NO4S/c1-4-8(3,10)7(15)18-5-6(2)14-19(16,17)9(11,12)13/h6,14H,4-5H2,1-3H3. The van der Waals surface area contributed by atoms with Crippen molar-refractivity contribution in [2.24, 2.45) is 0 Å². The second-order valence-corrected chi connectivity index (χ2v) is 5.82. The molecule has 0 fully saturated rings. The van der Waals surface area contributed by atoms with E-state index < -0.39 is 39.8 Å². The highest BCUT2D eigenvalue weighted by atomic mass is 32.2. The summed E-state index contributed by atoms with van der Waals surface area (Å²) in [5.41, 5.74) is -7.72. The summed E-state index contributed by atoms with van der Waals surface area (Å²) in [6, 6.07) is -1.33. The van der Waals surface area contributed by atoms with E-state index in [0.717, 1.165) is 13.8 Å². The van der Waals surface area contributed by atoms with Gasteiger partial charge < -0.3 is 4.74 Å². The Morgan fingerprint density at radius 2 is 1.79 bits per heavy atom. The molecular weight excluding hydrogens is 294 g/mol. The van der Waals surface area contributed by atoms with Crippen LogP contribution in [-0.4, -0.2) is 38.2 Å². The fraction of sp³-hybridized carbons (Fsp3) is 0.889. The van der Waals surface area contributed by atoms with Crippen LogP contribution in [0.2, 0.25) is 0 Å². The fourth-order valence-electron chi connectivity index (χ4n) is 0.861. The molecule has 0 aliphatic heterocycles. The van der Waals surface area contributed by atoms with Crippen molar-refractivity contribution in [3.05, 3.63) is 0 Å². The van der Waals surface area contributed by atoms with Crippen molar-refractivity contribution in [1.82, 2.24) is 4.72 Å². The molecule has 0 rings (SSSR count). The zero-order chi connectivity index (χ0) is 15.5. The van der Waals surface area contributed by atoms with E-state index >= 15 is 0 Å². The Kier molecular flexibility index (Phi) is 5.75. The average Bonchev–Trinajstić information content (AvgIpc) is 2.23. The van der Waals surface area contributed by atoms with Gasteiger partial charge in [0.1, 0.15) is 6.61 Å². The Morgan fingerprint density at radius 1 is 1.32 bits per heavy atom. The number of ether oxygens (including phenoxy) is 1. The lowest BCUT2D eigenvalue weighted by molar-refractivity contribution is -0.157. The highest BCUT2D eigenvalue weighted by molar-refractivity contribution is 7.90. The minimum atomic E-state index is -5.52. The fourth-order valence-corrected chi connectivity index (χ4v) is 1.59. The van der Waals surface area contributed by atoms with E-state index in [2.05, 4.69) is 4.74 Å². The van der Waals surface area contributed by atoms with Crippen molar-refractivity contribution in [2.75, 3.05) is 6.61 Å². The zero-order valence-electron chi connectivity index (χ0n) is 10.5. The number of nitrogens with one attached hydrogen (secondary N) is 1. The first-order chi connectivity index (χ1) is 8.33. The first-order valence-electron chi connectivity index (χ1n) is 5.28. The number of carbonyl (C=O) groups is 1. The average molecular weight is 309 g/mol. The van der Waals surface area contributed by atoms with Crippen molar-refractivity contribution in [3.8, 4) is 0 Å². The lowest BCUT2D eigenvalue weighted by Crippen LogP contribution is -2.44. The van der Waals surface area contributed by atoms with E-state index in [1.165, 1.54) is 11.6 Å². The topological polar surface area (TPSA) is 72.5 Å². The van der Waals surface area contributed by atoms with Crippen LogP contribution in [0.3, 0.4) is 0 Å². The molecule has 19 heavy (non-hydrogen) atoms. The summed E-state index contributed by atoms with van der Waals surface area (Å²) < 4.78 is 76.5. The SMILES string of the molecule is CCC(C)(F)C(=O)OCC(C)NS(=O)(=O)C(F)(F)F. The van der Waals surface area contributed by atoms with E-state index in [4.69, 9.17) is 0 Å². The van der Waals surface area contributed by atoms with Gasteiger partial charge in [0.2, 0.25) is 5.67 Å². The summed E-state index contributed by atoms with van der Waals surface area (Å²) in [5.74, 6) is -1.26. The number of rotatable bonds is 6. The van der Waals surface area contributed by atoms with E-state index in [1.54, 1.807) is 0 Å². The quantitative estimate of drug-likeness (QED) is 0.596. The number of halogens is 4. The molecule has 0 saturated heterocycles. The molecule has 2 atom stereocenters.